The Labute approximate surface area is 329 Å². The number of hydrogen-bond acceptors (Lipinski definition) is 3. The fourth-order valence-corrected chi connectivity index (χ4v) is 7.55. The number of hydrogen-bond donors (Lipinski definition) is 0. The third-order valence-electron chi connectivity index (χ3n) is 10.1. The zero-order valence-corrected chi connectivity index (χ0v) is 34.4. The summed E-state index contributed by atoms with van der Waals surface area (Å²) in [7, 11) is 0. The van der Waals surface area contributed by atoms with Crippen LogP contribution in [0.3, 0.4) is 0 Å². The molecule has 0 fully saturated rings. The van der Waals surface area contributed by atoms with Crippen molar-refractivity contribution in [3.8, 4) is 34.1 Å². The third-order valence-corrected chi connectivity index (χ3v) is 10.1. The van der Waals surface area contributed by atoms with Crippen molar-refractivity contribution in [2.24, 2.45) is 5.92 Å². The summed E-state index contributed by atoms with van der Waals surface area (Å²) in [5, 5.41) is 7.37. The van der Waals surface area contributed by atoms with Crippen molar-refractivity contribution in [3.63, 3.8) is 0 Å². The van der Waals surface area contributed by atoms with E-state index < -0.39 is 0 Å². The van der Waals surface area contributed by atoms with Gasteiger partial charge in [0.05, 0.1) is 5.69 Å². The fraction of sp³-hybridized carbons (Fsp3) is 0.319. The average molecular weight is 793 g/mol. The molecular weight excluding hydrogens is 743 g/mol. The Hall–Kier alpha value is -4.50. The summed E-state index contributed by atoms with van der Waals surface area (Å²) < 4.78 is 10.9. The smallest absolute Gasteiger partial charge is 0.509 e. The van der Waals surface area contributed by atoms with Crippen molar-refractivity contribution in [3.05, 3.63) is 130 Å². The first kappa shape index (κ1) is 38.2. The third kappa shape index (κ3) is 7.37. The Balaban J connectivity index is 0.00000481. The minimum atomic E-state index is 0. The Kier molecular flexibility index (Phi) is 10.6. The molecule has 4 aromatic carbocycles. The molecule has 3 aromatic heterocycles. The van der Waals surface area contributed by atoms with Gasteiger partial charge in [0, 0.05) is 34.5 Å². The standard InChI is InChI=1S/C47H50N4O.Pd/c1-28(2)20-34-18-19-48-44(23-34)50-42-15-13-12-14-40(42)41-17-16-38(27-43(41)50)52-39-25-35(29(3)4)24-37(26-39)51-33(8)46(32(7)49-51)45-30(5)21-36(22-31(45)6)47(9,10)11;/h12-19,21-25,28-29H,20H2,1-11H3;/q-2;+2. The number of pyridine rings is 1. The molecule has 0 aliphatic heterocycles. The molecule has 0 unspecified atom stereocenters. The van der Waals surface area contributed by atoms with Crippen molar-refractivity contribution in [2.75, 3.05) is 0 Å². The van der Waals surface area contributed by atoms with E-state index in [1.54, 1.807) is 0 Å². The Morgan fingerprint density at radius 3 is 2.17 bits per heavy atom. The van der Waals surface area contributed by atoms with Crippen LogP contribution >= 0.6 is 0 Å². The van der Waals surface area contributed by atoms with Gasteiger partial charge in [0.1, 0.15) is 5.82 Å². The van der Waals surface area contributed by atoms with Crippen LogP contribution in [0.15, 0.2) is 79.0 Å². The molecule has 274 valence electrons. The fourth-order valence-electron chi connectivity index (χ4n) is 7.55. The van der Waals surface area contributed by atoms with Gasteiger partial charge >= 0.3 is 20.4 Å². The molecule has 0 aliphatic carbocycles. The van der Waals surface area contributed by atoms with Gasteiger partial charge < -0.3 is 9.30 Å². The van der Waals surface area contributed by atoms with Crippen LogP contribution in [0.1, 0.15) is 93.6 Å². The predicted octanol–water partition coefficient (Wildman–Crippen LogP) is 12.3. The predicted molar refractivity (Wildman–Crippen MR) is 216 cm³/mol. The minimum absolute atomic E-state index is 0. The second-order valence-corrected chi connectivity index (χ2v) is 16.2. The first-order valence-electron chi connectivity index (χ1n) is 18.5. The molecule has 6 heteroatoms. The van der Waals surface area contributed by atoms with E-state index in [0.29, 0.717) is 17.4 Å². The van der Waals surface area contributed by atoms with Crippen molar-refractivity contribution in [1.82, 2.24) is 19.3 Å². The first-order valence-corrected chi connectivity index (χ1v) is 18.5. The van der Waals surface area contributed by atoms with Gasteiger partial charge in [-0.3, -0.25) is 4.68 Å². The maximum atomic E-state index is 6.66. The van der Waals surface area contributed by atoms with Gasteiger partial charge in [-0.15, -0.1) is 41.3 Å². The maximum absolute atomic E-state index is 6.66. The molecule has 7 aromatic rings. The van der Waals surface area contributed by atoms with Gasteiger partial charge in [0.2, 0.25) is 0 Å². The number of aromatic nitrogens is 4. The summed E-state index contributed by atoms with van der Waals surface area (Å²) >= 11 is 0. The van der Waals surface area contributed by atoms with Crippen LogP contribution in [-0.2, 0) is 32.3 Å². The van der Waals surface area contributed by atoms with Crippen molar-refractivity contribution < 1.29 is 25.2 Å². The molecule has 3 heterocycles. The number of para-hydroxylation sites is 1. The molecule has 0 aliphatic rings. The quantitative estimate of drug-likeness (QED) is 0.114. The van der Waals surface area contributed by atoms with E-state index in [1.807, 2.05) is 16.9 Å². The van der Waals surface area contributed by atoms with Crippen molar-refractivity contribution in [1.29, 1.82) is 0 Å². The van der Waals surface area contributed by atoms with E-state index in [2.05, 4.69) is 160 Å². The molecule has 0 amide bonds. The van der Waals surface area contributed by atoms with E-state index in [0.717, 1.165) is 56.7 Å². The maximum Gasteiger partial charge on any atom is 2.00 e. The van der Waals surface area contributed by atoms with Gasteiger partial charge in [0.25, 0.3) is 0 Å². The van der Waals surface area contributed by atoms with Crippen LogP contribution in [0.25, 0.3) is 44.4 Å². The van der Waals surface area contributed by atoms with Gasteiger partial charge in [-0.2, -0.15) is 11.2 Å². The summed E-state index contributed by atoms with van der Waals surface area (Å²) in [5.41, 5.74) is 13.8. The summed E-state index contributed by atoms with van der Waals surface area (Å²) in [6.07, 6.45) is 2.91. The minimum Gasteiger partial charge on any atom is -0.509 e. The van der Waals surface area contributed by atoms with E-state index in [9.17, 15) is 0 Å². The van der Waals surface area contributed by atoms with Crippen LogP contribution < -0.4 is 4.74 Å². The van der Waals surface area contributed by atoms with Crippen LogP contribution in [-0.4, -0.2) is 19.3 Å². The van der Waals surface area contributed by atoms with Gasteiger partial charge in [-0.25, -0.2) is 4.98 Å². The molecule has 0 radical (unpaired) electrons. The van der Waals surface area contributed by atoms with E-state index >= 15 is 0 Å². The van der Waals surface area contributed by atoms with Gasteiger partial charge in [-0.05, 0) is 108 Å². The van der Waals surface area contributed by atoms with Gasteiger partial charge in [0.15, 0.2) is 0 Å². The molecule has 7 rings (SSSR count). The zero-order chi connectivity index (χ0) is 37.1. The van der Waals surface area contributed by atoms with Crippen LogP contribution in [0.5, 0.6) is 11.5 Å². The first-order chi connectivity index (χ1) is 24.7. The Morgan fingerprint density at radius 2 is 1.49 bits per heavy atom. The number of benzene rings is 4. The second-order valence-electron chi connectivity index (χ2n) is 16.2. The SMILES string of the molecule is Cc1cc(C(C)(C)C)cc(C)c1-c1c(C)nn(-c2[c-]c(Oc3[c-]c4c(cc3)c3ccccc3n4-c3cc(CC(C)C)ccn3)cc(C(C)C)c2)c1C.[Pd+2]. The summed E-state index contributed by atoms with van der Waals surface area (Å²) in [6, 6.07) is 33.1. The summed E-state index contributed by atoms with van der Waals surface area (Å²) in [6.45, 7) is 24.4. The molecule has 0 spiro atoms. The second kappa shape index (κ2) is 14.7. The monoisotopic (exact) mass is 792 g/mol. The van der Waals surface area contributed by atoms with E-state index in [1.165, 1.54) is 33.4 Å². The molecule has 0 saturated heterocycles. The normalized spacial score (nSPS) is 11.9. The number of fused-ring (bicyclic) bond motifs is 3. The van der Waals surface area contributed by atoms with E-state index in [-0.39, 0.29) is 31.8 Å². The molecule has 0 N–H and O–H groups in total. The Morgan fingerprint density at radius 1 is 0.774 bits per heavy atom. The van der Waals surface area contributed by atoms with Crippen LogP contribution in [0.2, 0.25) is 0 Å². The average Bonchev–Trinajstić information content (AvgIpc) is 3.56. The van der Waals surface area contributed by atoms with Gasteiger partial charge in [-0.1, -0.05) is 84.3 Å². The summed E-state index contributed by atoms with van der Waals surface area (Å²) in [4.78, 5) is 4.83. The largest absolute Gasteiger partial charge is 2.00 e. The van der Waals surface area contributed by atoms with Crippen LogP contribution in [0.4, 0.5) is 0 Å². The number of aryl methyl sites for hydroxylation is 3. The van der Waals surface area contributed by atoms with Crippen molar-refractivity contribution in [2.45, 2.75) is 93.9 Å². The molecule has 5 nitrogen and oxygen atoms in total. The summed E-state index contributed by atoms with van der Waals surface area (Å²) in [5.74, 6) is 2.97. The topological polar surface area (TPSA) is 44.9 Å². The van der Waals surface area contributed by atoms with Crippen molar-refractivity contribution >= 4 is 21.8 Å². The molecular formula is C47H50N4OPd. The number of ether oxygens (including phenoxy) is 1. The number of rotatable bonds is 8. The number of nitrogens with zero attached hydrogens (tertiary/aromatic N) is 4. The zero-order valence-electron chi connectivity index (χ0n) is 32.9. The Bertz CT molecular complexity index is 2430. The molecule has 0 saturated carbocycles. The van der Waals surface area contributed by atoms with E-state index in [4.69, 9.17) is 14.8 Å². The molecule has 0 bridgehead atoms. The van der Waals surface area contributed by atoms with Crippen LogP contribution in [0, 0.1) is 45.7 Å². The molecule has 0 atom stereocenters. The molecule has 53 heavy (non-hydrogen) atoms.